The molecule has 1 N–H and O–H groups in total. The summed E-state index contributed by atoms with van der Waals surface area (Å²) in [7, 11) is 1.57. The van der Waals surface area contributed by atoms with Gasteiger partial charge in [-0.1, -0.05) is 30.3 Å². The van der Waals surface area contributed by atoms with Crippen LogP contribution in [0.25, 0.3) is 16.5 Å². The minimum absolute atomic E-state index is 0.197. The van der Waals surface area contributed by atoms with Gasteiger partial charge in [0, 0.05) is 42.0 Å². The molecular formula is C23H19N3O3. The number of nitrogens with zero attached hydrogens (tertiary/aromatic N) is 2. The fourth-order valence-electron chi connectivity index (χ4n) is 3.20. The van der Waals surface area contributed by atoms with Crippen LogP contribution in [0.15, 0.2) is 84.0 Å². The van der Waals surface area contributed by atoms with Crippen LogP contribution in [0.4, 0.5) is 0 Å². The molecular weight excluding hydrogens is 366 g/mol. The molecule has 6 nitrogen and oxygen atoms in total. The van der Waals surface area contributed by atoms with Crippen molar-refractivity contribution < 1.29 is 9.53 Å². The van der Waals surface area contributed by atoms with E-state index in [1.54, 1.807) is 68.2 Å². The van der Waals surface area contributed by atoms with Gasteiger partial charge in [0.25, 0.3) is 11.5 Å². The first-order valence-electron chi connectivity index (χ1n) is 9.13. The molecule has 4 rings (SSSR count). The number of aromatic nitrogens is 2. The molecule has 0 fully saturated rings. The maximum Gasteiger partial charge on any atom is 0.262 e. The van der Waals surface area contributed by atoms with Crippen LogP contribution in [-0.2, 0) is 6.54 Å². The maximum atomic E-state index is 13.1. The summed E-state index contributed by atoms with van der Waals surface area (Å²) >= 11 is 0. The zero-order valence-electron chi connectivity index (χ0n) is 15.8. The molecule has 0 saturated heterocycles. The molecule has 0 saturated carbocycles. The number of hydrogen-bond donors (Lipinski definition) is 1. The van der Waals surface area contributed by atoms with Crippen molar-refractivity contribution in [1.29, 1.82) is 0 Å². The Morgan fingerprint density at radius 2 is 1.90 bits per heavy atom. The van der Waals surface area contributed by atoms with Gasteiger partial charge in [0.1, 0.15) is 5.75 Å². The molecule has 0 aliphatic heterocycles. The van der Waals surface area contributed by atoms with Gasteiger partial charge in [-0.2, -0.15) is 0 Å². The van der Waals surface area contributed by atoms with Crippen molar-refractivity contribution in [3.63, 3.8) is 0 Å². The van der Waals surface area contributed by atoms with Crippen molar-refractivity contribution in [2.75, 3.05) is 7.11 Å². The van der Waals surface area contributed by atoms with E-state index in [2.05, 4.69) is 10.3 Å². The van der Waals surface area contributed by atoms with Crippen LogP contribution in [0.1, 0.15) is 15.9 Å². The Labute approximate surface area is 167 Å². The number of pyridine rings is 2. The number of carbonyl (C=O) groups is 1. The quantitative estimate of drug-likeness (QED) is 0.572. The summed E-state index contributed by atoms with van der Waals surface area (Å²) < 4.78 is 6.74. The Bertz CT molecular complexity index is 1230. The average Bonchev–Trinajstić information content (AvgIpc) is 2.78. The molecule has 0 radical (unpaired) electrons. The minimum Gasteiger partial charge on any atom is -0.497 e. The standard InChI is InChI=1S/C23H19N3O3/c1-29-18-8-4-7-17(12-18)26-15-21(19-9-2-3-10-20(19)23(26)28)22(27)25-14-16-6-5-11-24-13-16/h2-13,15H,14H2,1H3,(H,25,27). The summed E-state index contributed by atoms with van der Waals surface area (Å²) in [6.45, 7) is 0.347. The smallest absolute Gasteiger partial charge is 0.262 e. The SMILES string of the molecule is COc1cccc(-n2cc(C(=O)NCc3cccnc3)c3ccccc3c2=O)c1. The number of benzene rings is 2. The van der Waals surface area contributed by atoms with E-state index >= 15 is 0 Å². The van der Waals surface area contributed by atoms with Crippen LogP contribution < -0.4 is 15.6 Å². The van der Waals surface area contributed by atoms with E-state index in [9.17, 15) is 9.59 Å². The highest BCUT2D eigenvalue weighted by molar-refractivity contribution is 6.06. The molecule has 1 amide bonds. The number of carbonyl (C=O) groups excluding carboxylic acids is 1. The fraction of sp³-hybridized carbons (Fsp3) is 0.0870. The van der Waals surface area contributed by atoms with Gasteiger partial charge in [-0.15, -0.1) is 0 Å². The van der Waals surface area contributed by atoms with Gasteiger partial charge in [-0.05, 0) is 29.8 Å². The van der Waals surface area contributed by atoms with Crippen LogP contribution >= 0.6 is 0 Å². The second-order valence-corrected chi connectivity index (χ2v) is 6.51. The third-order valence-electron chi connectivity index (χ3n) is 4.68. The van der Waals surface area contributed by atoms with Crippen molar-refractivity contribution in [1.82, 2.24) is 14.9 Å². The van der Waals surface area contributed by atoms with E-state index in [0.717, 1.165) is 5.56 Å². The Morgan fingerprint density at radius 3 is 2.66 bits per heavy atom. The number of hydrogen-bond acceptors (Lipinski definition) is 4. The van der Waals surface area contributed by atoms with E-state index < -0.39 is 0 Å². The highest BCUT2D eigenvalue weighted by Gasteiger charge is 2.15. The molecule has 0 spiro atoms. The third kappa shape index (κ3) is 3.73. The summed E-state index contributed by atoms with van der Waals surface area (Å²) in [5.41, 5.74) is 1.75. The van der Waals surface area contributed by atoms with Gasteiger partial charge in [0.05, 0.1) is 18.4 Å². The number of amides is 1. The zero-order valence-corrected chi connectivity index (χ0v) is 15.8. The molecule has 29 heavy (non-hydrogen) atoms. The van der Waals surface area contributed by atoms with Crippen molar-refractivity contribution >= 4 is 16.7 Å². The molecule has 144 valence electrons. The van der Waals surface area contributed by atoms with E-state index in [4.69, 9.17) is 4.74 Å². The lowest BCUT2D eigenvalue weighted by molar-refractivity contribution is 0.0952. The first-order valence-corrected chi connectivity index (χ1v) is 9.13. The van der Waals surface area contributed by atoms with Crippen LogP contribution in [-0.4, -0.2) is 22.6 Å². The summed E-state index contributed by atoms with van der Waals surface area (Å²) in [6.07, 6.45) is 4.97. The normalized spacial score (nSPS) is 10.7. The topological polar surface area (TPSA) is 73.2 Å². The largest absolute Gasteiger partial charge is 0.497 e. The van der Waals surface area contributed by atoms with Crippen LogP contribution in [0, 0.1) is 0 Å². The molecule has 0 atom stereocenters. The van der Waals surface area contributed by atoms with Crippen LogP contribution in [0.5, 0.6) is 5.75 Å². The first-order chi connectivity index (χ1) is 14.2. The van der Waals surface area contributed by atoms with Crippen molar-refractivity contribution in [2.45, 2.75) is 6.54 Å². The predicted octanol–water partition coefficient (Wildman–Crippen LogP) is 3.32. The number of nitrogens with one attached hydrogen (secondary N) is 1. The summed E-state index contributed by atoms with van der Waals surface area (Å²) in [4.78, 5) is 30.1. The number of methoxy groups -OCH3 is 1. The van der Waals surface area contributed by atoms with E-state index in [1.165, 1.54) is 4.57 Å². The van der Waals surface area contributed by atoms with Gasteiger partial charge in [-0.25, -0.2) is 0 Å². The van der Waals surface area contributed by atoms with Gasteiger partial charge < -0.3 is 10.1 Å². The van der Waals surface area contributed by atoms with Gasteiger partial charge in [-0.3, -0.25) is 19.1 Å². The van der Waals surface area contributed by atoms with Gasteiger partial charge >= 0.3 is 0 Å². The lowest BCUT2D eigenvalue weighted by atomic mass is 10.1. The van der Waals surface area contributed by atoms with Crippen LogP contribution in [0.2, 0.25) is 0 Å². The lowest BCUT2D eigenvalue weighted by Crippen LogP contribution is -2.27. The van der Waals surface area contributed by atoms with Gasteiger partial charge in [0.2, 0.25) is 0 Å². The minimum atomic E-state index is -0.262. The van der Waals surface area contributed by atoms with E-state index in [1.807, 2.05) is 18.2 Å². The molecule has 0 aliphatic carbocycles. The number of fused-ring (bicyclic) bond motifs is 1. The van der Waals surface area contributed by atoms with Crippen molar-refractivity contribution in [3.05, 3.63) is 101 Å². The molecule has 0 unspecified atom stereocenters. The molecule has 6 heteroatoms. The number of ether oxygens (including phenoxy) is 1. The molecule has 4 aromatic rings. The summed E-state index contributed by atoms with van der Waals surface area (Å²) in [5.74, 6) is 0.367. The monoisotopic (exact) mass is 385 g/mol. The number of rotatable bonds is 5. The van der Waals surface area contributed by atoms with Gasteiger partial charge in [0.15, 0.2) is 0 Å². The van der Waals surface area contributed by atoms with E-state index in [-0.39, 0.29) is 11.5 Å². The third-order valence-corrected chi connectivity index (χ3v) is 4.68. The lowest BCUT2D eigenvalue weighted by Gasteiger charge is -2.13. The average molecular weight is 385 g/mol. The molecule has 2 heterocycles. The molecule has 0 bridgehead atoms. The molecule has 2 aromatic carbocycles. The maximum absolute atomic E-state index is 13.1. The van der Waals surface area contributed by atoms with Crippen LogP contribution in [0.3, 0.4) is 0 Å². The van der Waals surface area contributed by atoms with Crippen molar-refractivity contribution in [3.8, 4) is 11.4 Å². The Kier molecular flexibility index (Phi) is 5.07. The fourth-order valence-corrected chi connectivity index (χ4v) is 3.20. The molecule has 2 aromatic heterocycles. The Balaban J connectivity index is 1.79. The predicted molar refractivity (Wildman–Crippen MR) is 112 cm³/mol. The highest BCUT2D eigenvalue weighted by atomic mass is 16.5. The molecule has 0 aliphatic rings. The second-order valence-electron chi connectivity index (χ2n) is 6.51. The summed E-state index contributed by atoms with van der Waals surface area (Å²) in [6, 6.07) is 18.0. The second kappa shape index (κ2) is 7.98. The zero-order chi connectivity index (χ0) is 20.2. The Hall–Kier alpha value is -3.93. The van der Waals surface area contributed by atoms with Crippen molar-refractivity contribution in [2.24, 2.45) is 0 Å². The Morgan fingerprint density at radius 1 is 1.07 bits per heavy atom. The first kappa shape index (κ1) is 18.4. The summed E-state index contributed by atoms with van der Waals surface area (Å²) in [5, 5.41) is 4.00. The highest BCUT2D eigenvalue weighted by Crippen LogP contribution is 2.20. The van der Waals surface area contributed by atoms with E-state index in [0.29, 0.717) is 34.3 Å².